The predicted molar refractivity (Wildman–Crippen MR) is 179 cm³/mol. The second-order valence-electron chi connectivity index (χ2n) is 11.3. The number of halogens is 6. The molecule has 0 unspecified atom stereocenters. The molecule has 7 aromatic carbocycles. The van der Waals surface area contributed by atoms with Gasteiger partial charge in [-0.1, -0.05) is 72.8 Å². The Morgan fingerprint density at radius 1 is 0.167 bits per heavy atom. The Kier molecular flexibility index (Phi) is 8.15. The van der Waals surface area contributed by atoms with Gasteiger partial charge in [0.2, 0.25) is 0 Å². The Morgan fingerprint density at radius 2 is 0.271 bits per heavy atom. The van der Waals surface area contributed by atoms with E-state index in [9.17, 15) is 26.3 Å². The summed E-state index contributed by atoms with van der Waals surface area (Å²) in [6.45, 7) is 0. The maximum atomic E-state index is 14.4. The molecule has 0 N–H and O–H groups in total. The summed E-state index contributed by atoms with van der Waals surface area (Å²) < 4.78 is 86.6. The van der Waals surface area contributed by atoms with Crippen molar-refractivity contribution in [2.45, 2.75) is 0 Å². The fourth-order valence-corrected chi connectivity index (χ4v) is 6.18. The third-order valence-electron chi connectivity index (χ3n) is 8.30. The number of rotatable bonds is 6. The highest BCUT2D eigenvalue weighted by Gasteiger charge is 2.29. The van der Waals surface area contributed by atoms with Crippen LogP contribution in [0.2, 0.25) is 0 Å². The standard InChI is InChI=1S/C42H24F6/c43-31-13-1-25(2-14-31)37-38(26-3-15-32(44)16-4-26)40(28-7-19-34(46)20-8-28)42(30-11-23-36(48)24-12-30)41(29-9-21-35(47)22-10-29)39(37)27-5-17-33(45)18-6-27/h1-24H. The molecule has 0 heterocycles. The van der Waals surface area contributed by atoms with E-state index >= 15 is 0 Å². The molecule has 0 saturated carbocycles. The first-order valence-electron chi connectivity index (χ1n) is 15.1. The molecule has 0 fully saturated rings. The van der Waals surface area contributed by atoms with Gasteiger partial charge in [-0.2, -0.15) is 0 Å². The first-order valence-corrected chi connectivity index (χ1v) is 15.1. The molecule has 7 rings (SSSR count). The van der Waals surface area contributed by atoms with E-state index in [0.29, 0.717) is 66.8 Å². The monoisotopic (exact) mass is 642 g/mol. The summed E-state index contributed by atoms with van der Waals surface area (Å²) in [4.78, 5) is 0. The van der Waals surface area contributed by atoms with Gasteiger partial charge >= 0.3 is 0 Å². The van der Waals surface area contributed by atoms with Gasteiger partial charge in [0.05, 0.1) is 0 Å². The number of benzene rings is 7. The largest absolute Gasteiger partial charge is 0.207 e. The Bertz CT molecular complexity index is 1780. The van der Waals surface area contributed by atoms with E-state index in [1.165, 1.54) is 72.8 Å². The van der Waals surface area contributed by atoms with Gasteiger partial charge in [-0.05, 0) is 140 Å². The Labute approximate surface area is 273 Å². The summed E-state index contributed by atoms with van der Waals surface area (Å²) in [6, 6.07) is 35.2. The van der Waals surface area contributed by atoms with Gasteiger partial charge in [0, 0.05) is 0 Å². The van der Waals surface area contributed by atoms with Crippen LogP contribution in [0.15, 0.2) is 146 Å². The van der Waals surface area contributed by atoms with E-state index < -0.39 is 34.9 Å². The highest BCUT2D eigenvalue weighted by atomic mass is 19.1. The van der Waals surface area contributed by atoms with Gasteiger partial charge in [0.25, 0.3) is 0 Å². The summed E-state index contributed by atoms with van der Waals surface area (Å²) in [7, 11) is 0. The minimum atomic E-state index is -0.467. The van der Waals surface area contributed by atoms with Crippen molar-refractivity contribution < 1.29 is 26.3 Å². The Morgan fingerprint density at radius 3 is 0.375 bits per heavy atom. The fourth-order valence-electron chi connectivity index (χ4n) is 6.18. The molecule has 0 aliphatic heterocycles. The summed E-state index contributed by atoms with van der Waals surface area (Å²) in [5, 5.41) is 0. The normalized spacial score (nSPS) is 11.1. The summed E-state index contributed by atoms with van der Waals surface area (Å²) in [5.74, 6) is -2.80. The van der Waals surface area contributed by atoms with Crippen LogP contribution in [0.25, 0.3) is 66.8 Å². The van der Waals surface area contributed by atoms with E-state index in [0.717, 1.165) is 0 Å². The molecule has 0 spiro atoms. The molecule has 0 bridgehead atoms. The SMILES string of the molecule is Fc1ccc(-c2c(-c3ccc(F)cc3)c(-c3ccc(F)cc3)c(-c3ccc(F)cc3)c(-c3ccc(F)cc3)c2-c2ccc(F)cc2)cc1. The van der Waals surface area contributed by atoms with Crippen molar-refractivity contribution in [1.29, 1.82) is 0 Å². The predicted octanol–water partition coefficient (Wildman–Crippen LogP) is 12.5. The second kappa shape index (κ2) is 12.7. The maximum Gasteiger partial charge on any atom is 0.123 e. The molecule has 0 nitrogen and oxygen atoms in total. The van der Waals surface area contributed by atoms with Crippen LogP contribution in [0.3, 0.4) is 0 Å². The Hall–Kier alpha value is -5.88. The lowest BCUT2D eigenvalue weighted by atomic mass is 9.74. The lowest BCUT2D eigenvalue weighted by molar-refractivity contribution is 0.627. The van der Waals surface area contributed by atoms with Crippen LogP contribution < -0.4 is 0 Å². The highest BCUT2D eigenvalue weighted by Crippen LogP contribution is 2.55. The summed E-state index contributed by atoms with van der Waals surface area (Å²) in [5.41, 5.74) is 6.95. The first kappa shape index (κ1) is 30.8. The molecule has 234 valence electrons. The molecular formula is C42H24F6. The van der Waals surface area contributed by atoms with Crippen LogP contribution in [0.4, 0.5) is 26.3 Å². The van der Waals surface area contributed by atoms with Crippen LogP contribution in [-0.2, 0) is 0 Å². The van der Waals surface area contributed by atoms with Crippen LogP contribution in [0, 0.1) is 34.9 Å². The summed E-state index contributed by atoms with van der Waals surface area (Å²) >= 11 is 0. The second-order valence-corrected chi connectivity index (χ2v) is 11.3. The molecule has 0 aromatic heterocycles. The average Bonchev–Trinajstić information content (AvgIpc) is 3.10. The molecule has 0 amide bonds. The fraction of sp³-hybridized carbons (Fsp3) is 0. The van der Waals surface area contributed by atoms with Gasteiger partial charge in [-0.3, -0.25) is 0 Å². The minimum Gasteiger partial charge on any atom is -0.207 e. The van der Waals surface area contributed by atoms with Crippen LogP contribution >= 0.6 is 0 Å². The van der Waals surface area contributed by atoms with E-state index in [-0.39, 0.29) is 0 Å². The topological polar surface area (TPSA) is 0 Å². The van der Waals surface area contributed by atoms with E-state index in [4.69, 9.17) is 0 Å². The van der Waals surface area contributed by atoms with E-state index in [1.807, 2.05) is 0 Å². The quantitative estimate of drug-likeness (QED) is 0.158. The van der Waals surface area contributed by atoms with Gasteiger partial charge < -0.3 is 0 Å². The zero-order valence-corrected chi connectivity index (χ0v) is 25.1. The van der Waals surface area contributed by atoms with Gasteiger partial charge in [0.15, 0.2) is 0 Å². The molecular weight excluding hydrogens is 618 g/mol. The van der Waals surface area contributed by atoms with Gasteiger partial charge in [-0.15, -0.1) is 0 Å². The Balaban J connectivity index is 1.81. The first-order chi connectivity index (χ1) is 23.3. The number of hydrogen-bond donors (Lipinski definition) is 0. The van der Waals surface area contributed by atoms with Crippen molar-refractivity contribution in [1.82, 2.24) is 0 Å². The van der Waals surface area contributed by atoms with Crippen molar-refractivity contribution >= 4 is 0 Å². The van der Waals surface area contributed by atoms with Crippen molar-refractivity contribution in [3.63, 3.8) is 0 Å². The molecule has 0 saturated heterocycles. The smallest absolute Gasteiger partial charge is 0.123 e. The van der Waals surface area contributed by atoms with E-state index in [2.05, 4.69) is 0 Å². The van der Waals surface area contributed by atoms with Crippen LogP contribution in [-0.4, -0.2) is 0 Å². The van der Waals surface area contributed by atoms with Gasteiger partial charge in [-0.25, -0.2) is 26.3 Å². The van der Waals surface area contributed by atoms with Crippen LogP contribution in [0.5, 0.6) is 0 Å². The number of hydrogen-bond acceptors (Lipinski definition) is 0. The van der Waals surface area contributed by atoms with Crippen molar-refractivity contribution in [3.8, 4) is 66.8 Å². The van der Waals surface area contributed by atoms with Crippen LogP contribution in [0.1, 0.15) is 0 Å². The third kappa shape index (κ3) is 5.89. The lowest BCUT2D eigenvalue weighted by Gasteiger charge is -2.28. The van der Waals surface area contributed by atoms with Crippen molar-refractivity contribution in [3.05, 3.63) is 180 Å². The van der Waals surface area contributed by atoms with Gasteiger partial charge in [0.1, 0.15) is 34.9 Å². The maximum absolute atomic E-state index is 14.4. The third-order valence-corrected chi connectivity index (χ3v) is 8.30. The van der Waals surface area contributed by atoms with E-state index in [1.54, 1.807) is 72.8 Å². The molecule has 48 heavy (non-hydrogen) atoms. The molecule has 6 heteroatoms. The molecule has 7 aromatic rings. The van der Waals surface area contributed by atoms with Crippen molar-refractivity contribution in [2.75, 3.05) is 0 Å². The average molecular weight is 643 g/mol. The molecule has 0 aliphatic rings. The molecule has 0 radical (unpaired) electrons. The summed E-state index contributed by atoms with van der Waals surface area (Å²) in [6.07, 6.45) is 0. The molecule has 0 aliphatic carbocycles. The minimum absolute atomic E-state index is 0.467. The lowest BCUT2D eigenvalue weighted by Crippen LogP contribution is -2.02. The zero-order valence-electron chi connectivity index (χ0n) is 25.1. The zero-order chi connectivity index (χ0) is 33.4. The highest BCUT2D eigenvalue weighted by molar-refractivity contribution is 6.15. The molecule has 0 atom stereocenters. The van der Waals surface area contributed by atoms with Crippen molar-refractivity contribution in [2.24, 2.45) is 0 Å².